The average molecular weight is 431 g/mol. The number of carbonyl (C=O) groups is 1. The Bertz CT molecular complexity index is 899. The molecule has 4 rings (SSSR count). The topological polar surface area (TPSA) is 169 Å². The monoisotopic (exact) mass is 430 g/mol. The zero-order chi connectivity index (χ0) is 20.0. The van der Waals surface area contributed by atoms with Gasteiger partial charge in [-0.15, -0.1) is 0 Å². The summed E-state index contributed by atoms with van der Waals surface area (Å²) in [5.74, 6) is -0.365. The number of aliphatic hydroxyl groups excluding tert-OH is 2. The van der Waals surface area contributed by atoms with Crippen molar-refractivity contribution >= 4 is 46.3 Å². The van der Waals surface area contributed by atoms with Crippen LogP contribution in [0.25, 0.3) is 11.2 Å². The lowest BCUT2D eigenvalue weighted by Gasteiger charge is -2.17. The largest absolute Gasteiger partial charge is 0.480 e. The summed E-state index contributed by atoms with van der Waals surface area (Å²) in [6, 6.07) is -0.558. The Balaban J connectivity index is 1.46. The van der Waals surface area contributed by atoms with Gasteiger partial charge in [-0.3, -0.25) is 9.36 Å². The molecule has 13 heteroatoms. The van der Waals surface area contributed by atoms with Gasteiger partial charge in [0.15, 0.2) is 17.7 Å². The van der Waals surface area contributed by atoms with Crippen molar-refractivity contribution in [3.05, 3.63) is 11.6 Å². The number of fused-ring (bicyclic) bond motifs is 1. The van der Waals surface area contributed by atoms with E-state index in [0.29, 0.717) is 29.9 Å². The molecule has 152 valence electrons. The van der Waals surface area contributed by atoms with E-state index in [0.717, 1.165) is 0 Å². The van der Waals surface area contributed by atoms with Crippen LogP contribution in [0.3, 0.4) is 0 Å². The molecule has 0 saturated carbocycles. The number of halogens is 1. The molecule has 2 aromatic heterocycles. The molecule has 0 unspecified atom stereocenters. The third-order valence-electron chi connectivity index (χ3n) is 4.92. The summed E-state index contributed by atoms with van der Waals surface area (Å²) >= 11 is 7.37. The quantitative estimate of drug-likeness (QED) is 0.377. The maximum Gasteiger partial charge on any atom is 0.320 e. The van der Waals surface area contributed by atoms with E-state index in [1.807, 2.05) is 0 Å². The number of aliphatic carboxylic acids is 1. The number of hydrogen-bond acceptors (Lipinski definition) is 10. The summed E-state index contributed by atoms with van der Waals surface area (Å²) in [4.78, 5) is 23.1. The number of nitrogens with zero attached hydrogens (tertiary/aromatic N) is 4. The highest BCUT2D eigenvalue weighted by molar-refractivity contribution is 8.00. The third kappa shape index (κ3) is 3.51. The maximum atomic E-state index is 11.0. The Labute approximate surface area is 168 Å². The lowest BCUT2D eigenvalue weighted by molar-refractivity contribution is -0.139. The van der Waals surface area contributed by atoms with Crippen molar-refractivity contribution in [2.24, 2.45) is 0 Å². The number of nitrogens with two attached hydrogens (primary N) is 1. The minimum absolute atomic E-state index is 0.0615. The van der Waals surface area contributed by atoms with Gasteiger partial charge in [-0.25, -0.2) is 4.98 Å². The summed E-state index contributed by atoms with van der Waals surface area (Å²) in [7, 11) is 0. The molecule has 0 aromatic carbocycles. The summed E-state index contributed by atoms with van der Waals surface area (Å²) in [5.41, 5.74) is 6.41. The predicted molar refractivity (Wildman–Crippen MR) is 101 cm³/mol. The van der Waals surface area contributed by atoms with Crippen molar-refractivity contribution in [3.63, 3.8) is 0 Å². The molecule has 28 heavy (non-hydrogen) atoms. The fraction of sp³-hybridized carbons (Fsp3) is 0.600. The van der Waals surface area contributed by atoms with Crippen LogP contribution in [0.5, 0.6) is 0 Å². The number of thioether (sulfide) groups is 1. The predicted octanol–water partition coefficient (Wildman–Crippen LogP) is -0.771. The van der Waals surface area contributed by atoms with Gasteiger partial charge in [0.05, 0.1) is 12.4 Å². The Morgan fingerprint density at radius 2 is 2.21 bits per heavy atom. The number of nitrogens with one attached hydrogen (secondary N) is 1. The van der Waals surface area contributed by atoms with Crippen LogP contribution in [-0.2, 0) is 9.53 Å². The van der Waals surface area contributed by atoms with Crippen molar-refractivity contribution < 1.29 is 24.9 Å². The average Bonchev–Trinajstić information content (AvgIpc) is 3.33. The summed E-state index contributed by atoms with van der Waals surface area (Å²) in [5, 5.41) is 32.9. The first kappa shape index (κ1) is 19.6. The minimum atomic E-state index is -1.20. The number of hydrogen-bond donors (Lipinski definition) is 5. The van der Waals surface area contributed by atoms with Crippen LogP contribution in [0.2, 0.25) is 5.28 Å². The second kappa shape index (κ2) is 7.61. The highest BCUT2D eigenvalue weighted by atomic mass is 35.5. The zero-order valence-electron chi connectivity index (χ0n) is 14.5. The number of imidazole rings is 1. The molecular weight excluding hydrogens is 412 g/mol. The number of carboxylic acids is 1. The number of carboxylic acid groups (broad SMARTS) is 1. The number of ether oxygens (including phenoxy) is 1. The molecule has 6 atom stereocenters. The van der Waals surface area contributed by atoms with Crippen LogP contribution >= 0.6 is 23.4 Å². The van der Waals surface area contributed by atoms with Crippen LogP contribution in [0.15, 0.2) is 6.33 Å². The molecule has 2 aliphatic rings. The van der Waals surface area contributed by atoms with Gasteiger partial charge in [-0.05, 0) is 18.0 Å². The molecule has 0 radical (unpaired) electrons. The standard InChI is InChI=1S/C15H19ClN6O5S/c16-15-20-11(17)8-12(21-15)22(4-19-8)13-10(24)9(23)7(27-13)3-28-5-1-6(14(25)26)18-2-5/h4-7,9-10,13,18,23-24H,1-3H2,(H,25,26)(H2,17,20,21)/t5-,6+,7-,9+,10-,13-/m1/s1. The first-order valence-corrected chi connectivity index (χ1v) is 10.0. The van der Waals surface area contributed by atoms with Crippen molar-refractivity contribution in [1.29, 1.82) is 0 Å². The van der Waals surface area contributed by atoms with Gasteiger partial charge < -0.3 is 31.1 Å². The molecule has 6 N–H and O–H groups in total. The van der Waals surface area contributed by atoms with Crippen LogP contribution in [0.1, 0.15) is 12.6 Å². The minimum Gasteiger partial charge on any atom is -0.480 e. The lowest BCUT2D eigenvalue weighted by Crippen LogP contribution is -2.33. The second-order valence-electron chi connectivity index (χ2n) is 6.74. The Morgan fingerprint density at radius 3 is 2.93 bits per heavy atom. The van der Waals surface area contributed by atoms with E-state index < -0.39 is 36.6 Å². The molecule has 2 aliphatic heterocycles. The van der Waals surface area contributed by atoms with Gasteiger partial charge in [0.2, 0.25) is 5.28 Å². The van der Waals surface area contributed by atoms with Crippen molar-refractivity contribution in [2.45, 2.75) is 42.3 Å². The first-order valence-electron chi connectivity index (χ1n) is 8.60. The van der Waals surface area contributed by atoms with Gasteiger partial charge in [0.25, 0.3) is 0 Å². The molecule has 4 heterocycles. The van der Waals surface area contributed by atoms with Gasteiger partial charge in [0, 0.05) is 17.5 Å². The van der Waals surface area contributed by atoms with E-state index in [-0.39, 0.29) is 16.4 Å². The SMILES string of the molecule is Nc1nc(Cl)nc2c1ncn2[C@@H]1O[C@H](CS[C@H]2CN[C@H](C(=O)O)C2)[C@H](O)[C@H]1O. The highest BCUT2D eigenvalue weighted by Gasteiger charge is 2.44. The van der Waals surface area contributed by atoms with Gasteiger partial charge in [-0.1, -0.05) is 0 Å². The smallest absolute Gasteiger partial charge is 0.320 e. The molecule has 2 saturated heterocycles. The number of rotatable bonds is 5. The molecular formula is C15H19ClN6O5S. The number of nitrogen functional groups attached to an aromatic ring is 1. The number of aliphatic hydroxyl groups is 2. The van der Waals surface area contributed by atoms with Crippen LogP contribution < -0.4 is 11.1 Å². The Morgan fingerprint density at radius 1 is 1.43 bits per heavy atom. The first-order chi connectivity index (χ1) is 13.3. The fourth-order valence-electron chi connectivity index (χ4n) is 3.44. The summed E-state index contributed by atoms with van der Waals surface area (Å²) in [6.45, 7) is 0.567. The third-order valence-corrected chi connectivity index (χ3v) is 6.44. The van der Waals surface area contributed by atoms with E-state index >= 15 is 0 Å². The van der Waals surface area contributed by atoms with E-state index in [1.54, 1.807) is 0 Å². The molecule has 0 spiro atoms. The van der Waals surface area contributed by atoms with Crippen molar-refractivity contribution in [3.8, 4) is 0 Å². The zero-order valence-corrected chi connectivity index (χ0v) is 16.0. The Kier molecular flexibility index (Phi) is 5.33. The number of aromatic nitrogens is 4. The van der Waals surface area contributed by atoms with Crippen molar-refractivity contribution in [2.75, 3.05) is 18.0 Å². The molecule has 2 aromatic rings. The summed E-state index contributed by atoms with van der Waals surface area (Å²) in [6.07, 6.45) is -1.97. The van der Waals surface area contributed by atoms with E-state index in [1.165, 1.54) is 22.7 Å². The molecule has 0 amide bonds. The van der Waals surface area contributed by atoms with Crippen LogP contribution in [-0.4, -0.2) is 82.7 Å². The molecule has 0 bridgehead atoms. The highest BCUT2D eigenvalue weighted by Crippen LogP contribution is 2.35. The second-order valence-corrected chi connectivity index (χ2v) is 8.41. The molecule has 2 fully saturated rings. The molecule has 11 nitrogen and oxygen atoms in total. The van der Waals surface area contributed by atoms with Gasteiger partial charge in [0.1, 0.15) is 23.8 Å². The lowest BCUT2D eigenvalue weighted by atomic mass is 10.1. The van der Waals surface area contributed by atoms with Crippen LogP contribution in [0.4, 0.5) is 5.82 Å². The maximum absolute atomic E-state index is 11.0. The van der Waals surface area contributed by atoms with Crippen LogP contribution in [0, 0.1) is 0 Å². The van der Waals surface area contributed by atoms with E-state index in [9.17, 15) is 15.0 Å². The van der Waals surface area contributed by atoms with E-state index in [4.69, 9.17) is 27.2 Å². The number of anilines is 1. The Hall–Kier alpha value is -1.70. The van der Waals surface area contributed by atoms with Gasteiger partial charge >= 0.3 is 5.97 Å². The fourth-order valence-corrected chi connectivity index (χ4v) is 4.89. The van der Waals surface area contributed by atoms with Gasteiger partial charge in [-0.2, -0.15) is 21.7 Å². The van der Waals surface area contributed by atoms with Crippen molar-refractivity contribution in [1.82, 2.24) is 24.8 Å². The molecule has 0 aliphatic carbocycles. The summed E-state index contributed by atoms with van der Waals surface area (Å²) < 4.78 is 7.34. The normalized spacial score (nSPS) is 33.0. The van der Waals surface area contributed by atoms with E-state index in [2.05, 4.69) is 20.3 Å².